The van der Waals surface area contributed by atoms with E-state index < -0.39 is 24.0 Å². The predicted molar refractivity (Wildman–Crippen MR) is 100 cm³/mol. The zero-order valence-corrected chi connectivity index (χ0v) is 16.5. The second-order valence-electron chi connectivity index (χ2n) is 6.14. The van der Waals surface area contributed by atoms with Crippen LogP contribution in [0.1, 0.15) is 6.92 Å². The highest BCUT2D eigenvalue weighted by Crippen LogP contribution is 2.38. The average Bonchev–Trinajstić information content (AvgIpc) is 2.99. The Morgan fingerprint density at radius 1 is 1.38 bits per heavy atom. The minimum absolute atomic E-state index is 0.00376. The van der Waals surface area contributed by atoms with Crippen molar-refractivity contribution in [3.63, 3.8) is 0 Å². The van der Waals surface area contributed by atoms with Gasteiger partial charge in [-0.1, -0.05) is 17.7 Å². The molecule has 1 unspecified atom stereocenters. The van der Waals surface area contributed by atoms with Crippen LogP contribution in [0.5, 0.6) is 0 Å². The molecule has 1 fully saturated rings. The molecule has 0 bridgehead atoms. The molecule has 9 nitrogen and oxygen atoms in total. The number of hydroxylamine groups is 1. The highest BCUT2D eigenvalue weighted by molar-refractivity contribution is 7.98. The number of alkyl halides is 3. The van der Waals surface area contributed by atoms with Gasteiger partial charge in [-0.15, -0.1) is 11.0 Å². The van der Waals surface area contributed by atoms with Crippen LogP contribution < -0.4 is 20.8 Å². The van der Waals surface area contributed by atoms with E-state index in [2.05, 4.69) is 27.1 Å². The van der Waals surface area contributed by atoms with E-state index in [9.17, 15) is 22.8 Å². The van der Waals surface area contributed by atoms with Crippen LogP contribution in [0.2, 0.25) is 0 Å². The Labute approximate surface area is 168 Å². The van der Waals surface area contributed by atoms with Crippen LogP contribution in [-0.2, 0) is 9.63 Å². The lowest BCUT2D eigenvalue weighted by molar-refractivity contribution is -0.203. The Morgan fingerprint density at radius 2 is 2.07 bits per heavy atom. The molecule has 29 heavy (non-hydrogen) atoms. The largest absolute Gasteiger partial charge is 0.493 e. The van der Waals surface area contributed by atoms with E-state index in [4.69, 9.17) is 4.84 Å². The summed E-state index contributed by atoms with van der Waals surface area (Å²) in [5.41, 5.74) is -0.549. The van der Waals surface area contributed by atoms with Crippen LogP contribution in [-0.4, -0.2) is 72.3 Å². The molecular weight excluding hydrogens is 413 g/mol. The van der Waals surface area contributed by atoms with Gasteiger partial charge in [-0.2, -0.15) is 13.2 Å². The van der Waals surface area contributed by atoms with Crippen molar-refractivity contribution in [3.05, 3.63) is 10.4 Å². The zero-order valence-electron chi connectivity index (χ0n) is 15.7. The second-order valence-corrected chi connectivity index (χ2v) is 6.93. The first-order valence-corrected chi connectivity index (χ1v) is 9.88. The fourth-order valence-electron chi connectivity index (χ4n) is 3.11. The molecule has 2 aliphatic heterocycles. The van der Waals surface area contributed by atoms with Gasteiger partial charge in [-0.3, -0.25) is 14.7 Å². The third-order valence-electron chi connectivity index (χ3n) is 4.35. The highest BCUT2D eigenvalue weighted by atomic mass is 32.2. The number of nitrogens with zero attached hydrogens (tertiary/aromatic N) is 4. The monoisotopic (exact) mass is 432 g/mol. The number of fused-ring (bicyclic) bond motifs is 1. The number of hydrogen-bond acceptors (Lipinski definition) is 9. The van der Waals surface area contributed by atoms with Crippen molar-refractivity contribution in [1.29, 1.82) is 0 Å². The molecule has 0 aliphatic carbocycles. The molecule has 2 aliphatic rings. The topological polar surface area (TPSA) is 93.8 Å². The van der Waals surface area contributed by atoms with Crippen LogP contribution in [0.4, 0.5) is 24.7 Å². The molecular formula is C16H19F3N6O3S. The van der Waals surface area contributed by atoms with E-state index in [0.717, 1.165) is 16.8 Å². The lowest BCUT2D eigenvalue weighted by Crippen LogP contribution is -2.61. The first kappa shape index (κ1) is 21.3. The predicted octanol–water partition coefficient (Wildman–Crippen LogP) is 0.351. The number of anilines is 2. The zero-order chi connectivity index (χ0) is 21.2. The van der Waals surface area contributed by atoms with Crippen LogP contribution >= 0.6 is 11.8 Å². The first-order valence-electron chi connectivity index (χ1n) is 8.65. The summed E-state index contributed by atoms with van der Waals surface area (Å²) in [4.78, 5) is 39.1. The minimum Gasteiger partial charge on any atom is -0.327 e. The molecule has 0 spiro atoms. The molecule has 158 valence electrons. The fourth-order valence-corrected chi connectivity index (χ4v) is 3.48. The lowest BCUT2D eigenvalue weighted by Gasteiger charge is -2.40. The van der Waals surface area contributed by atoms with Crippen molar-refractivity contribution in [3.8, 4) is 11.8 Å². The van der Waals surface area contributed by atoms with Gasteiger partial charge in [0, 0.05) is 26.2 Å². The Morgan fingerprint density at radius 3 is 2.66 bits per heavy atom. The van der Waals surface area contributed by atoms with Crippen molar-refractivity contribution in [2.45, 2.75) is 24.5 Å². The summed E-state index contributed by atoms with van der Waals surface area (Å²) in [6.07, 6.45) is -4.53. The maximum absolute atomic E-state index is 12.9. The van der Waals surface area contributed by atoms with Crippen LogP contribution in [0.3, 0.4) is 0 Å². The number of nitrogens with one attached hydrogen (secondary N) is 2. The fraction of sp³-hybridized carbons (Fsp3) is 0.562. The molecule has 0 amide bonds. The molecule has 2 N–H and O–H groups in total. The Balaban J connectivity index is 2.12. The van der Waals surface area contributed by atoms with Crippen LogP contribution in [0.25, 0.3) is 0 Å². The van der Waals surface area contributed by atoms with Crippen molar-refractivity contribution >= 4 is 29.2 Å². The summed E-state index contributed by atoms with van der Waals surface area (Å²) in [6, 6.07) is 0. The number of halogens is 3. The average molecular weight is 432 g/mol. The van der Waals surface area contributed by atoms with Crippen molar-refractivity contribution < 1.29 is 22.8 Å². The molecule has 1 atom stereocenters. The standard InChI is InChI=1S/C16H19F3N6O3S/c1-3-4-7-24-10-11(21-14(29-2)22-12(10)26)25(28-13(27)16(17,18)19)15(24)23-8-5-20-6-9-23/h15,20H,5-9H2,1-2H3,(H,21,22,26). The summed E-state index contributed by atoms with van der Waals surface area (Å²) in [5.74, 6) is 2.98. The Bertz CT molecular complexity index is 891. The highest BCUT2D eigenvalue weighted by Gasteiger charge is 2.50. The Hall–Kier alpha value is -2.43. The third kappa shape index (κ3) is 4.29. The maximum atomic E-state index is 12.9. The van der Waals surface area contributed by atoms with Crippen molar-refractivity contribution in [2.75, 3.05) is 48.9 Å². The van der Waals surface area contributed by atoms with Gasteiger partial charge in [0.15, 0.2) is 23.0 Å². The van der Waals surface area contributed by atoms with Gasteiger partial charge in [-0.25, -0.2) is 9.78 Å². The smallest absolute Gasteiger partial charge is 0.327 e. The number of aromatic nitrogens is 2. The summed E-state index contributed by atoms with van der Waals surface area (Å²) in [7, 11) is 0. The summed E-state index contributed by atoms with van der Waals surface area (Å²) >= 11 is 1.11. The van der Waals surface area contributed by atoms with Gasteiger partial charge >= 0.3 is 12.1 Å². The number of carbonyl (C=O) groups is 1. The quantitative estimate of drug-likeness (QED) is 0.397. The number of piperazine rings is 1. The van der Waals surface area contributed by atoms with Crippen LogP contribution in [0.15, 0.2) is 9.95 Å². The normalized spacial score (nSPS) is 19.6. The molecule has 13 heteroatoms. The number of rotatable bonds is 4. The van der Waals surface area contributed by atoms with Crippen LogP contribution in [0, 0.1) is 11.8 Å². The number of carbonyl (C=O) groups excluding carboxylic acids is 1. The third-order valence-corrected chi connectivity index (χ3v) is 4.93. The first-order chi connectivity index (χ1) is 13.8. The lowest BCUT2D eigenvalue weighted by atomic mass is 10.3. The van der Waals surface area contributed by atoms with Gasteiger partial charge in [0.1, 0.15) is 0 Å². The minimum atomic E-state index is -5.20. The maximum Gasteiger partial charge on any atom is 0.493 e. The van der Waals surface area contributed by atoms with Crippen molar-refractivity contribution in [2.24, 2.45) is 0 Å². The van der Waals surface area contributed by atoms with Gasteiger partial charge in [0.25, 0.3) is 5.56 Å². The molecule has 3 heterocycles. The van der Waals surface area contributed by atoms with Crippen molar-refractivity contribution in [1.82, 2.24) is 20.2 Å². The number of hydrogen-bond donors (Lipinski definition) is 2. The number of H-pyrrole nitrogens is 1. The van der Waals surface area contributed by atoms with E-state index in [1.165, 1.54) is 4.90 Å². The van der Waals surface area contributed by atoms with E-state index >= 15 is 0 Å². The molecule has 1 aromatic rings. The van der Waals surface area contributed by atoms with E-state index in [0.29, 0.717) is 26.2 Å². The van der Waals surface area contributed by atoms with E-state index in [-0.39, 0.29) is 23.2 Å². The van der Waals surface area contributed by atoms with Gasteiger partial charge in [0.2, 0.25) is 0 Å². The summed E-state index contributed by atoms with van der Waals surface area (Å²) in [5, 5.41) is 4.10. The Kier molecular flexibility index (Phi) is 6.25. The molecule has 0 saturated carbocycles. The van der Waals surface area contributed by atoms with Gasteiger partial charge in [0.05, 0.1) is 6.54 Å². The molecule has 1 aromatic heterocycles. The number of aromatic amines is 1. The van der Waals surface area contributed by atoms with E-state index in [1.54, 1.807) is 18.1 Å². The van der Waals surface area contributed by atoms with Gasteiger partial charge < -0.3 is 15.1 Å². The summed E-state index contributed by atoms with van der Waals surface area (Å²) < 4.78 is 38.8. The van der Waals surface area contributed by atoms with E-state index in [1.807, 2.05) is 0 Å². The summed E-state index contributed by atoms with van der Waals surface area (Å²) in [6.45, 7) is 3.74. The number of thioether (sulfide) groups is 1. The second kappa shape index (κ2) is 8.52. The molecule has 1 saturated heterocycles. The van der Waals surface area contributed by atoms with Gasteiger partial charge in [-0.05, 0) is 13.2 Å². The molecule has 3 rings (SSSR count). The SMILES string of the molecule is CC#CCN1c2c(nc(SC)[nH]c2=O)N(OC(=O)C(F)(F)F)C1N1CCNCC1. The molecule has 0 radical (unpaired) electrons. The molecule has 0 aromatic carbocycles.